The van der Waals surface area contributed by atoms with E-state index in [0.29, 0.717) is 5.52 Å². The highest BCUT2D eigenvalue weighted by atomic mass is 79.9. The summed E-state index contributed by atoms with van der Waals surface area (Å²) in [5, 5.41) is 8.26. The first kappa shape index (κ1) is 16.1. The molecular formula is C15H15BrN4O2S2. The van der Waals surface area contributed by atoms with Crippen LogP contribution >= 0.6 is 27.3 Å². The fourth-order valence-electron chi connectivity index (χ4n) is 2.82. The molecule has 6 nitrogen and oxygen atoms in total. The van der Waals surface area contributed by atoms with Crippen LogP contribution < -0.4 is 10.2 Å². The van der Waals surface area contributed by atoms with Gasteiger partial charge in [-0.3, -0.25) is 0 Å². The number of hydrogen-bond donors (Lipinski definition) is 1. The van der Waals surface area contributed by atoms with Gasteiger partial charge in [0.1, 0.15) is 4.21 Å². The summed E-state index contributed by atoms with van der Waals surface area (Å²) in [6.07, 6.45) is 1.59. The van der Waals surface area contributed by atoms with Crippen LogP contribution in [0.3, 0.4) is 0 Å². The molecule has 4 rings (SSSR count). The van der Waals surface area contributed by atoms with Crippen LogP contribution in [0.2, 0.25) is 0 Å². The van der Waals surface area contributed by atoms with Gasteiger partial charge in [0.2, 0.25) is 0 Å². The van der Waals surface area contributed by atoms with Crippen molar-refractivity contribution in [2.75, 3.05) is 31.1 Å². The molecule has 2 aromatic heterocycles. The number of anilines is 1. The second-order valence-corrected chi connectivity index (χ2v) is 9.99. The quantitative estimate of drug-likeness (QED) is 0.696. The second kappa shape index (κ2) is 6.14. The van der Waals surface area contributed by atoms with Gasteiger partial charge in [0.05, 0.1) is 15.5 Å². The number of hydrogen-bond acceptors (Lipinski definition) is 6. The van der Waals surface area contributed by atoms with Gasteiger partial charge in [-0.15, -0.1) is 11.3 Å². The van der Waals surface area contributed by atoms with E-state index in [0.717, 1.165) is 45.1 Å². The van der Waals surface area contributed by atoms with Gasteiger partial charge in [0.15, 0.2) is 0 Å². The average molecular weight is 427 g/mol. The molecule has 1 aliphatic rings. The van der Waals surface area contributed by atoms with Gasteiger partial charge in [-0.25, -0.2) is 0 Å². The van der Waals surface area contributed by atoms with Gasteiger partial charge in [-0.05, 0) is 46.3 Å². The summed E-state index contributed by atoms with van der Waals surface area (Å²) in [4.78, 5) is 2.25. The largest absolute Gasteiger partial charge is 0.369 e. The fraction of sp³-hybridized carbons (Fsp3) is 0.267. The summed E-state index contributed by atoms with van der Waals surface area (Å²) < 4.78 is 27.9. The predicted molar refractivity (Wildman–Crippen MR) is 99.4 cm³/mol. The molecule has 0 bridgehead atoms. The van der Waals surface area contributed by atoms with E-state index in [1.54, 1.807) is 18.3 Å². The number of piperazine rings is 1. The van der Waals surface area contributed by atoms with E-state index in [9.17, 15) is 8.42 Å². The summed E-state index contributed by atoms with van der Waals surface area (Å²) in [5.41, 5.74) is 1.63. The van der Waals surface area contributed by atoms with Crippen LogP contribution in [0.25, 0.3) is 10.9 Å². The predicted octanol–water partition coefficient (Wildman–Crippen LogP) is 2.51. The minimum atomic E-state index is -3.69. The van der Waals surface area contributed by atoms with Crippen molar-refractivity contribution in [3.8, 4) is 0 Å². The molecule has 9 heteroatoms. The third-order valence-corrected chi connectivity index (χ3v) is 7.73. The number of halogens is 1. The highest BCUT2D eigenvalue weighted by Crippen LogP contribution is 2.30. The van der Waals surface area contributed by atoms with Crippen molar-refractivity contribution in [2.24, 2.45) is 0 Å². The maximum absolute atomic E-state index is 12.9. The van der Waals surface area contributed by atoms with E-state index in [1.165, 1.54) is 11.3 Å². The number of rotatable bonds is 3. The van der Waals surface area contributed by atoms with Crippen LogP contribution in [-0.4, -0.2) is 43.8 Å². The van der Waals surface area contributed by atoms with Crippen LogP contribution in [-0.2, 0) is 10.0 Å². The Morgan fingerprint density at radius 1 is 1.17 bits per heavy atom. The monoisotopic (exact) mass is 426 g/mol. The van der Waals surface area contributed by atoms with Crippen molar-refractivity contribution in [1.29, 1.82) is 0 Å². The van der Waals surface area contributed by atoms with Gasteiger partial charge < -0.3 is 10.2 Å². The van der Waals surface area contributed by atoms with Crippen molar-refractivity contribution in [1.82, 2.24) is 14.5 Å². The Bertz CT molecular complexity index is 990. The van der Waals surface area contributed by atoms with Crippen LogP contribution in [0.15, 0.2) is 44.5 Å². The molecule has 24 heavy (non-hydrogen) atoms. The Morgan fingerprint density at radius 3 is 2.67 bits per heavy atom. The molecule has 1 aliphatic heterocycles. The second-order valence-electron chi connectivity index (χ2n) is 5.53. The van der Waals surface area contributed by atoms with E-state index >= 15 is 0 Å². The number of benzene rings is 1. The van der Waals surface area contributed by atoms with Crippen molar-refractivity contribution >= 4 is 53.9 Å². The Kier molecular flexibility index (Phi) is 4.11. The maximum Gasteiger partial charge on any atom is 0.293 e. The Morgan fingerprint density at radius 2 is 1.96 bits per heavy atom. The molecule has 0 atom stereocenters. The van der Waals surface area contributed by atoms with Crippen molar-refractivity contribution < 1.29 is 8.42 Å². The third kappa shape index (κ3) is 2.75. The molecule has 1 N–H and O–H groups in total. The van der Waals surface area contributed by atoms with Crippen LogP contribution in [0, 0.1) is 0 Å². The fourth-order valence-corrected chi connectivity index (χ4v) is 6.16. The zero-order valence-electron chi connectivity index (χ0n) is 12.6. The van der Waals surface area contributed by atoms with Gasteiger partial charge >= 0.3 is 0 Å². The standard InChI is InChI=1S/C15H15BrN4O2S2/c16-14-3-4-15(23-14)24(21,22)20-13-9-12(2-1-11(13)10-18-20)19-7-5-17-6-8-19/h1-4,9-10,17H,5-8H2. The molecule has 1 saturated heterocycles. The average Bonchev–Trinajstić information content (AvgIpc) is 3.22. The molecule has 126 valence electrons. The number of fused-ring (bicyclic) bond motifs is 1. The highest BCUT2D eigenvalue weighted by molar-refractivity contribution is 9.11. The maximum atomic E-state index is 12.9. The van der Waals surface area contributed by atoms with Gasteiger partial charge in [-0.2, -0.15) is 17.6 Å². The summed E-state index contributed by atoms with van der Waals surface area (Å²) in [7, 11) is -3.69. The summed E-state index contributed by atoms with van der Waals surface area (Å²) >= 11 is 4.50. The normalized spacial score (nSPS) is 16.0. The van der Waals surface area contributed by atoms with Gasteiger partial charge in [0.25, 0.3) is 10.0 Å². The molecule has 3 heterocycles. The lowest BCUT2D eigenvalue weighted by atomic mass is 10.2. The zero-order chi connectivity index (χ0) is 16.7. The van der Waals surface area contributed by atoms with E-state index in [4.69, 9.17) is 0 Å². The van der Waals surface area contributed by atoms with Crippen molar-refractivity contribution in [3.05, 3.63) is 40.3 Å². The van der Waals surface area contributed by atoms with E-state index < -0.39 is 10.0 Å². The summed E-state index contributed by atoms with van der Waals surface area (Å²) in [6.45, 7) is 3.67. The number of nitrogens with one attached hydrogen (secondary N) is 1. The number of thiophene rings is 1. The van der Waals surface area contributed by atoms with Crippen LogP contribution in [0.4, 0.5) is 5.69 Å². The first-order valence-electron chi connectivity index (χ1n) is 7.50. The molecule has 0 saturated carbocycles. The van der Waals surface area contributed by atoms with E-state index in [-0.39, 0.29) is 4.21 Å². The zero-order valence-corrected chi connectivity index (χ0v) is 15.9. The minimum absolute atomic E-state index is 0.270. The number of aromatic nitrogens is 2. The number of nitrogens with zero attached hydrogens (tertiary/aromatic N) is 3. The Labute approximate surface area is 152 Å². The van der Waals surface area contributed by atoms with Crippen LogP contribution in [0.1, 0.15) is 0 Å². The molecule has 1 fully saturated rings. The van der Waals surface area contributed by atoms with E-state index in [1.807, 2.05) is 18.2 Å². The lowest BCUT2D eigenvalue weighted by Crippen LogP contribution is -2.43. The first-order valence-corrected chi connectivity index (χ1v) is 10.5. The molecule has 0 aliphatic carbocycles. The molecule has 1 aromatic carbocycles. The SMILES string of the molecule is O=S(=O)(c1ccc(Br)s1)n1ncc2ccc(N3CCNCC3)cc21. The summed E-state index contributed by atoms with van der Waals surface area (Å²) in [5.74, 6) is 0. The molecule has 3 aromatic rings. The molecule has 0 unspecified atom stereocenters. The third-order valence-electron chi connectivity index (χ3n) is 4.03. The minimum Gasteiger partial charge on any atom is -0.369 e. The Hall–Kier alpha value is -1.42. The van der Waals surface area contributed by atoms with Crippen molar-refractivity contribution in [3.63, 3.8) is 0 Å². The molecule has 0 radical (unpaired) electrons. The molecular weight excluding hydrogens is 412 g/mol. The molecule has 0 amide bonds. The first-order chi connectivity index (χ1) is 11.6. The molecule has 0 spiro atoms. The van der Waals surface area contributed by atoms with Crippen molar-refractivity contribution in [2.45, 2.75) is 4.21 Å². The van der Waals surface area contributed by atoms with Gasteiger partial charge in [-0.1, -0.05) is 0 Å². The van der Waals surface area contributed by atoms with Crippen LogP contribution in [0.5, 0.6) is 0 Å². The lowest BCUT2D eigenvalue weighted by molar-refractivity contribution is 0.584. The Balaban J connectivity index is 1.81. The topological polar surface area (TPSA) is 67.2 Å². The van der Waals surface area contributed by atoms with Gasteiger partial charge in [0, 0.05) is 37.3 Å². The summed E-state index contributed by atoms with van der Waals surface area (Å²) in [6, 6.07) is 9.19. The smallest absolute Gasteiger partial charge is 0.293 e. The van der Waals surface area contributed by atoms with E-state index in [2.05, 4.69) is 31.2 Å². The lowest BCUT2D eigenvalue weighted by Gasteiger charge is -2.29. The highest BCUT2D eigenvalue weighted by Gasteiger charge is 2.23.